The molecule has 3 atom stereocenters. The van der Waals surface area contributed by atoms with Crippen LogP contribution in [0.3, 0.4) is 0 Å². The van der Waals surface area contributed by atoms with Crippen LogP contribution in [0.1, 0.15) is 65.2 Å². The summed E-state index contributed by atoms with van der Waals surface area (Å²) in [6, 6.07) is 1.75. The smallest absolute Gasteiger partial charge is 0.0108 e. The molecule has 0 heterocycles. The Morgan fingerprint density at radius 1 is 0.900 bits per heavy atom. The van der Waals surface area contributed by atoms with Crippen LogP contribution < -0.4 is 5.32 Å². The van der Waals surface area contributed by atoms with Crippen LogP contribution in [0.5, 0.6) is 0 Å². The van der Waals surface area contributed by atoms with Crippen molar-refractivity contribution >= 4 is 0 Å². The molecule has 116 valence electrons. The maximum absolute atomic E-state index is 3.79. The molecule has 1 N–H and O–H groups in total. The van der Waals surface area contributed by atoms with Crippen molar-refractivity contribution in [2.24, 2.45) is 17.8 Å². The molecule has 20 heavy (non-hydrogen) atoms. The van der Waals surface area contributed by atoms with Crippen molar-refractivity contribution in [3.63, 3.8) is 0 Å². The fourth-order valence-electron chi connectivity index (χ4n) is 4.21. The molecule has 3 unspecified atom stereocenters. The molecule has 0 saturated heterocycles. The van der Waals surface area contributed by atoms with E-state index in [1.165, 1.54) is 64.5 Å². The highest BCUT2D eigenvalue weighted by Crippen LogP contribution is 2.38. The van der Waals surface area contributed by atoms with Gasteiger partial charge in [-0.25, -0.2) is 0 Å². The Hall–Kier alpha value is -0.0800. The fourth-order valence-corrected chi connectivity index (χ4v) is 4.21. The Labute approximate surface area is 125 Å². The quantitative estimate of drug-likeness (QED) is 0.729. The summed E-state index contributed by atoms with van der Waals surface area (Å²) >= 11 is 0. The first kappa shape index (κ1) is 14.8. The second-order valence-electron chi connectivity index (χ2n) is 7.64. The summed E-state index contributed by atoms with van der Waals surface area (Å²) in [7, 11) is 0. The molecular formula is C18H34N2. The second kappa shape index (κ2) is 6.79. The van der Waals surface area contributed by atoms with Gasteiger partial charge in [-0.2, -0.15) is 0 Å². The number of nitrogens with one attached hydrogen (secondary N) is 1. The van der Waals surface area contributed by atoms with Gasteiger partial charge in [-0.05, 0) is 69.2 Å². The zero-order chi connectivity index (χ0) is 13.9. The van der Waals surface area contributed by atoms with E-state index in [1.807, 2.05) is 0 Å². The van der Waals surface area contributed by atoms with Crippen molar-refractivity contribution in [1.82, 2.24) is 10.2 Å². The monoisotopic (exact) mass is 278 g/mol. The van der Waals surface area contributed by atoms with Crippen LogP contribution >= 0.6 is 0 Å². The van der Waals surface area contributed by atoms with Gasteiger partial charge in [0.05, 0.1) is 0 Å². The highest BCUT2D eigenvalue weighted by molar-refractivity contribution is 4.93. The summed E-state index contributed by atoms with van der Waals surface area (Å²) in [6.45, 7) is 8.60. The Kier molecular flexibility index (Phi) is 5.04. The molecular weight excluding hydrogens is 244 g/mol. The molecule has 0 aromatic heterocycles. The molecule has 0 amide bonds. The van der Waals surface area contributed by atoms with Gasteiger partial charge in [-0.3, -0.25) is 4.90 Å². The lowest BCUT2D eigenvalue weighted by Crippen LogP contribution is -2.46. The topological polar surface area (TPSA) is 15.3 Å². The number of nitrogens with zero attached hydrogens (tertiary/aromatic N) is 1. The molecule has 2 nitrogen and oxygen atoms in total. The number of hydrogen-bond acceptors (Lipinski definition) is 2. The summed E-state index contributed by atoms with van der Waals surface area (Å²) in [4.78, 5) is 2.88. The molecule has 0 bridgehead atoms. The van der Waals surface area contributed by atoms with Crippen LogP contribution in [-0.4, -0.2) is 36.6 Å². The highest BCUT2D eigenvalue weighted by atomic mass is 15.2. The maximum atomic E-state index is 3.79. The molecule has 3 fully saturated rings. The van der Waals surface area contributed by atoms with E-state index in [4.69, 9.17) is 0 Å². The third-order valence-electron chi connectivity index (χ3n) is 5.86. The Balaban J connectivity index is 1.57. The van der Waals surface area contributed by atoms with Crippen LogP contribution in [-0.2, 0) is 0 Å². The van der Waals surface area contributed by atoms with Gasteiger partial charge in [0.25, 0.3) is 0 Å². The summed E-state index contributed by atoms with van der Waals surface area (Å²) in [5.41, 5.74) is 0. The van der Waals surface area contributed by atoms with Crippen molar-refractivity contribution < 1.29 is 0 Å². The second-order valence-corrected chi connectivity index (χ2v) is 7.64. The van der Waals surface area contributed by atoms with Gasteiger partial charge in [-0.15, -0.1) is 0 Å². The number of rotatable bonds is 8. The van der Waals surface area contributed by atoms with E-state index in [2.05, 4.69) is 24.1 Å². The molecule has 0 spiro atoms. The van der Waals surface area contributed by atoms with E-state index in [9.17, 15) is 0 Å². The van der Waals surface area contributed by atoms with Gasteiger partial charge >= 0.3 is 0 Å². The average Bonchev–Trinajstić information content (AvgIpc) is 3.33. The van der Waals surface area contributed by atoms with Crippen LogP contribution in [0.15, 0.2) is 0 Å². The zero-order valence-corrected chi connectivity index (χ0v) is 13.6. The maximum Gasteiger partial charge on any atom is 0.0108 e. The number of hydrogen-bond donors (Lipinski definition) is 1. The van der Waals surface area contributed by atoms with E-state index < -0.39 is 0 Å². The first-order valence-electron chi connectivity index (χ1n) is 9.27. The molecule has 0 aromatic rings. The first-order valence-corrected chi connectivity index (χ1v) is 9.27. The lowest BCUT2D eigenvalue weighted by molar-refractivity contribution is 0.130. The molecule has 3 rings (SSSR count). The van der Waals surface area contributed by atoms with Crippen LogP contribution in [0, 0.1) is 17.8 Å². The highest BCUT2D eigenvalue weighted by Gasteiger charge is 2.37. The first-order chi connectivity index (χ1) is 9.80. The average molecular weight is 278 g/mol. The summed E-state index contributed by atoms with van der Waals surface area (Å²) in [5, 5.41) is 3.79. The zero-order valence-electron chi connectivity index (χ0n) is 13.6. The van der Waals surface area contributed by atoms with Crippen molar-refractivity contribution in [1.29, 1.82) is 0 Å². The van der Waals surface area contributed by atoms with Crippen molar-refractivity contribution in [2.75, 3.05) is 19.6 Å². The van der Waals surface area contributed by atoms with Gasteiger partial charge in [0.1, 0.15) is 0 Å². The molecule has 0 aromatic carbocycles. The predicted molar refractivity (Wildman–Crippen MR) is 85.9 cm³/mol. The predicted octanol–water partition coefficient (Wildman–Crippen LogP) is 3.67. The van der Waals surface area contributed by atoms with E-state index in [0.29, 0.717) is 0 Å². The standard InChI is InChI=1S/C18H34N2/c1-3-14-7-10-18(19-4-2)16(11-14)13-20(17-8-9-17)12-15-5-6-15/h14-19H,3-13H2,1-2H3. The Bertz CT molecular complexity index is 296. The lowest BCUT2D eigenvalue weighted by Gasteiger charge is -2.39. The third kappa shape index (κ3) is 3.98. The van der Waals surface area contributed by atoms with Gasteiger partial charge in [0.15, 0.2) is 0 Å². The molecule has 2 heteroatoms. The molecule has 0 aliphatic heterocycles. The minimum Gasteiger partial charge on any atom is -0.314 e. The third-order valence-corrected chi connectivity index (χ3v) is 5.86. The van der Waals surface area contributed by atoms with Gasteiger partial charge in [0.2, 0.25) is 0 Å². The SMILES string of the molecule is CCNC1CCC(CC)CC1CN(CC1CC1)C1CC1. The van der Waals surface area contributed by atoms with Gasteiger partial charge in [0, 0.05) is 25.2 Å². The van der Waals surface area contributed by atoms with E-state index in [0.717, 1.165) is 36.4 Å². The summed E-state index contributed by atoms with van der Waals surface area (Å²) in [6.07, 6.45) is 11.7. The van der Waals surface area contributed by atoms with E-state index in [1.54, 1.807) is 0 Å². The van der Waals surface area contributed by atoms with Crippen LogP contribution in [0.2, 0.25) is 0 Å². The minimum absolute atomic E-state index is 0.795. The van der Waals surface area contributed by atoms with Gasteiger partial charge < -0.3 is 5.32 Å². The van der Waals surface area contributed by atoms with Crippen molar-refractivity contribution in [2.45, 2.75) is 77.3 Å². The molecule has 3 aliphatic rings. The summed E-state index contributed by atoms with van der Waals surface area (Å²) < 4.78 is 0. The molecule has 0 radical (unpaired) electrons. The van der Waals surface area contributed by atoms with Gasteiger partial charge in [-0.1, -0.05) is 20.3 Å². The molecule has 3 aliphatic carbocycles. The Morgan fingerprint density at radius 2 is 1.65 bits per heavy atom. The minimum atomic E-state index is 0.795. The fraction of sp³-hybridized carbons (Fsp3) is 1.00. The lowest BCUT2D eigenvalue weighted by atomic mass is 9.76. The normalized spacial score (nSPS) is 34.6. The summed E-state index contributed by atoms with van der Waals surface area (Å²) in [5.74, 6) is 2.96. The van der Waals surface area contributed by atoms with Crippen LogP contribution in [0.4, 0.5) is 0 Å². The van der Waals surface area contributed by atoms with Crippen molar-refractivity contribution in [3.05, 3.63) is 0 Å². The largest absolute Gasteiger partial charge is 0.314 e. The van der Waals surface area contributed by atoms with Crippen LogP contribution in [0.25, 0.3) is 0 Å². The Morgan fingerprint density at radius 3 is 2.25 bits per heavy atom. The molecule has 3 saturated carbocycles. The van der Waals surface area contributed by atoms with Crippen molar-refractivity contribution in [3.8, 4) is 0 Å². The van der Waals surface area contributed by atoms with E-state index >= 15 is 0 Å². The van der Waals surface area contributed by atoms with E-state index in [-0.39, 0.29) is 0 Å².